The Morgan fingerprint density at radius 3 is 2.11 bits per heavy atom. The van der Waals surface area contributed by atoms with Gasteiger partial charge in [0.25, 0.3) is 0 Å². The Morgan fingerprint density at radius 1 is 0.889 bits per heavy atom. The molecule has 0 aliphatic heterocycles. The molecular formula is C13H9Cl3FN. The van der Waals surface area contributed by atoms with Gasteiger partial charge in [0.15, 0.2) is 0 Å². The first-order valence-corrected chi connectivity index (χ1v) is 6.28. The Labute approximate surface area is 119 Å². The van der Waals surface area contributed by atoms with Crippen molar-refractivity contribution in [2.75, 3.05) is 0 Å². The third-order valence-corrected chi connectivity index (χ3v) is 3.40. The minimum Gasteiger partial charge on any atom is -0.320 e. The molecular weight excluding hydrogens is 296 g/mol. The molecule has 0 fully saturated rings. The summed E-state index contributed by atoms with van der Waals surface area (Å²) in [6.07, 6.45) is 0. The van der Waals surface area contributed by atoms with Crippen molar-refractivity contribution in [1.82, 2.24) is 0 Å². The van der Waals surface area contributed by atoms with Crippen LogP contribution in [-0.4, -0.2) is 0 Å². The maximum atomic E-state index is 13.7. The third-order valence-electron chi connectivity index (χ3n) is 2.59. The maximum Gasteiger partial charge on any atom is 0.128 e. The van der Waals surface area contributed by atoms with Crippen LogP contribution in [0.3, 0.4) is 0 Å². The molecule has 94 valence electrons. The molecule has 0 saturated carbocycles. The predicted molar refractivity (Wildman–Crippen MR) is 73.9 cm³/mol. The van der Waals surface area contributed by atoms with E-state index < -0.39 is 11.9 Å². The average molecular weight is 305 g/mol. The Balaban J connectivity index is 2.50. The lowest BCUT2D eigenvalue weighted by Gasteiger charge is -2.15. The highest BCUT2D eigenvalue weighted by atomic mass is 35.5. The highest BCUT2D eigenvalue weighted by Crippen LogP contribution is 2.31. The van der Waals surface area contributed by atoms with E-state index in [1.165, 1.54) is 18.2 Å². The molecule has 0 aliphatic rings. The van der Waals surface area contributed by atoms with E-state index in [0.717, 1.165) is 0 Å². The zero-order valence-corrected chi connectivity index (χ0v) is 11.4. The van der Waals surface area contributed by atoms with Crippen LogP contribution >= 0.6 is 34.8 Å². The van der Waals surface area contributed by atoms with Gasteiger partial charge in [0.1, 0.15) is 5.82 Å². The molecule has 1 nitrogen and oxygen atoms in total. The zero-order valence-electron chi connectivity index (χ0n) is 9.13. The van der Waals surface area contributed by atoms with Gasteiger partial charge in [-0.05, 0) is 42.0 Å². The molecule has 0 bridgehead atoms. The number of halogens is 4. The maximum absolute atomic E-state index is 13.7. The van der Waals surface area contributed by atoms with Crippen molar-refractivity contribution in [1.29, 1.82) is 0 Å². The SMILES string of the molecule is NC(c1cc(Cl)ccc1F)c1cc(Cl)ccc1Cl. The molecule has 0 heterocycles. The van der Waals surface area contributed by atoms with E-state index in [2.05, 4.69) is 0 Å². The second-order valence-electron chi connectivity index (χ2n) is 3.81. The van der Waals surface area contributed by atoms with Gasteiger partial charge in [0, 0.05) is 20.6 Å². The summed E-state index contributed by atoms with van der Waals surface area (Å²) in [5.74, 6) is -0.428. The van der Waals surface area contributed by atoms with Crippen molar-refractivity contribution in [2.24, 2.45) is 5.73 Å². The fourth-order valence-electron chi connectivity index (χ4n) is 1.67. The van der Waals surface area contributed by atoms with Crippen molar-refractivity contribution in [3.05, 3.63) is 68.4 Å². The van der Waals surface area contributed by atoms with Crippen molar-refractivity contribution < 1.29 is 4.39 Å². The summed E-state index contributed by atoms with van der Waals surface area (Å²) in [5, 5.41) is 1.35. The van der Waals surface area contributed by atoms with Gasteiger partial charge in [-0.2, -0.15) is 0 Å². The standard InChI is InChI=1S/C13H9Cl3FN/c14-7-1-3-11(16)9(5-7)13(18)10-6-8(15)2-4-12(10)17/h1-6,13H,18H2. The highest BCUT2D eigenvalue weighted by Gasteiger charge is 2.17. The number of benzene rings is 2. The van der Waals surface area contributed by atoms with E-state index in [1.54, 1.807) is 18.2 Å². The summed E-state index contributed by atoms with van der Waals surface area (Å²) < 4.78 is 13.7. The molecule has 0 radical (unpaired) electrons. The summed E-state index contributed by atoms with van der Waals surface area (Å²) in [4.78, 5) is 0. The second-order valence-corrected chi connectivity index (χ2v) is 5.09. The lowest BCUT2D eigenvalue weighted by molar-refractivity contribution is 0.600. The normalized spacial score (nSPS) is 12.5. The molecule has 2 aromatic carbocycles. The Kier molecular flexibility index (Phi) is 4.13. The number of rotatable bonds is 2. The van der Waals surface area contributed by atoms with Gasteiger partial charge < -0.3 is 5.73 Å². The monoisotopic (exact) mass is 303 g/mol. The fraction of sp³-hybridized carbons (Fsp3) is 0.0769. The second kappa shape index (κ2) is 5.45. The third kappa shape index (κ3) is 2.78. The van der Waals surface area contributed by atoms with Crippen LogP contribution in [0.25, 0.3) is 0 Å². The van der Waals surface area contributed by atoms with Gasteiger partial charge in [-0.1, -0.05) is 34.8 Å². The molecule has 2 aromatic rings. The Hall–Kier alpha value is -0.800. The molecule has 0 aromatic heterocycles. The van der Waals surface area contributed by atoms with Crippen LogP contribution in [0.1, 0.15) is 17.2 Å². The summed E-state index contributed by atoms with van der Waals surface area (Å²) in [6.45, 7) is 0. The van der Waals surface area contributed by atoms with Crippen molar-refractivity contribution in [3.63, 3.8) is 0 Å². The molecule has 0 spiro atoms. The van der Waals surface area contributed by atoms with Crippen LogP contribution in [0, 0.1) is 5.82 Å². The van der Waals surface area contributed by atoms with Crippen molar-refractivity contribution >= 4 is 34.8 Å². The number of nitrogens with two attached hydrogens (primary N) is 1. The van der Waals surface area contributed by atoms with Crippen molar-refractivity contribution in [2.45, 2.75) is 6.04 Å². The van der Waals surface area contributed by atoms with Gasteiger partial charge in [-0.25, -0.2) is 4.39 Å². The molecule has 0 saturated heterocycles. The molecule has 1 unspecified atom stereocenters. The van der Waals surface area contributed by atoms with E-state index in [4.69, 9.17) is 40.5 Å². The molecule has 18 heavy (non-hydrogen) atoms. The fourth-order valence-corrected chi connectivity index (χ4v) is 2.27. The van der Waals surface area contributed by atoms with Gasteiger partial charge in [-0.15, -0.1) is 0 Å². The van der Waals surface area contributed by atoms with Crippen LogP contribution < -0.4 is 5.73 Å². The lowest BCUT2D eigenvalue weighted by atomic mass is 9.99. The minimum absolute atomic E-state index is 0.284. The predicted octanol–water partition coefficient (Wildman–Crippen LogP) is 4.83. The van der Waals surface area contributed by atoms with E-state index >= 15 is 0 Å². The van der Waals surface area contributed by atoms with Gasteiger partial charge >= 0.3 is 0 Å². The summed E-state index contributed by atoms with van der Waals surface area (Å²) in [6, 6.07) is 8.40. The molecule has 5 heteroatoms. The smallest absolute Gasteiger partial charge is 0.128 e. The van der Waals surface area contributed by atoms with Crippen LogP contribution in [-0.2, 0) is 0 Å². The molecule has 0 amide bonds. The van der Waals surface area contributed by atoms with E-state index in [-0.39, 0.29) is 5.56 Å². The van der Waals surface area contributed by atoms with E-state index in [9.17, 15) is 4.39 Å². The first-order valence-electron chi connectivity index (χ1n) is 5.14. The average Bonchev–Trinajstić information content (AvgIpc) is 2.34. The molecule has 2 rings (SSSR count). The molecule has 0 aliphatic carbocycles. The van der Waals surface area contributed by atoms with Gasteiger partial charge in [-0.3, -0.25) is 0 Å². The minimum atomic E-state index is -0.713. The Morgan fingerprint density at radius 2 is 1.44 bits per heavy atom. The Bertz CT molecular complexity index is 535. The molecule has 2 N–H and O–H groups in total. The first kappa shape index (κ1) is 13.6. The van der Waals surface area contributed by atoms with Crippen LogP contribution in [0.15, 0.2) is 36.4 Å². The van der Waals surface area contributed by atoms with Crippen LogP contribution in [0.2, 0.25) is 15.1 Å². The zero-order chi connectivity index (χ0) is 13.3. The van der Waals surface area contributed by atoms with Crippen LogP contribution in [0.4, 0.5) is 4.39 Å². The van der Waals surface area contributed by atoms with E-state index in [0.29, 0.717) is 20.6 Å². The highest BCUT2D eigenvalue weighted by molar-refractivity contribution is 6.33. The largest absolute Gasteiger partial charge is 0.320 e. The molecule has 1 atom stereocenters. The summed E-state index contributed by atoms with van der Waals surface area (Å²) in [7, 11) is 0. The number of hydrogen-bond donors (Lipinski definition) is 1. The van der Waals surface area contributed by atoms with E-state index in [1.807, 2.05) is 0 Å². The topological polar surface area (TPSA) is 26.0 Å². The number of hydrogen-bond acceptors (Lipinski definition) is 1. The van der Waals surface area contributed by atoms with Gasteiger partial charge in [0.05, 0.1) is 6.04 Å². The summed E-state index contributed by atoms with van der Waals surface area (Å²) >= 11 is 17.8. The quantitative estimate of drug-likeness (QED) is 0.844. The van der Waals surface area contributed by atoms with Crippen molar-refractivity contribution in [3.8, 4) is 0 Å². The van der Waals surface area contributed by atoms with Crippen LogP contribution in [0.5, 0.6) is 0 Å². The lowest BCUT2D eigenvalue weighted by Crippen LogP contribution is -2.14. The van der Waals surface area contributed by atoms with Gasteiger partial charge in [0.2, 0.25) is 0 Å². The first-order chi connectivity index (χ1) is 8.49. The summed E-state index contributed by atoms with van der Waals surface area (Å²) in [5.41, 5.74) is 6.86.